The Kier molecular flexibility index (Phi) is 2.86. The van der Waals surface area contributed by atoms with Crippen LogP contribution in [0.15, 0.2) is 60.7 Å². The lowest BCUT2D eigenvalue weighted by atomic mass is 9.97. The van der Waals surface area contributed by atoms with Crippen molar-refractivity contribution in [2.45, 2.75) is 6.10 Å². The van der Waals surface area contributed by atoms with Crippen LogP contribution in [-0.2, 0) is 4.74 Å². The molecular formula is C19H14O3. The van der Waals surface area contributed by atoms with Gasteiger partial charge < -0.3 is 9.47 Å². The van der Waals surface area contributed by atoms with Gasteiger partial charge in [0.25, 0.3) is 0 Å². The highest BCUT2D eigenvalue weighted by molar-refractivity contribution is 5.94. The molecule has 0 fully saturated rings. The second-order valence-corrected chi connectivity index (χ2v) is 5.35. The molecular weight excluding hydrogens is 276 g/mol. The first-order valence-electron chi connectivity index (χ1n) is 7.14. The minimum Gasteiger partial charge on any atom is -0.497 e. The Bertz CT molecular complexity index is 883. The van der Waals surface area contributed by atoms with E-state index >= 15 is 0 Å². The van der Waals surface area contributed by atoms with E-state index in [0.29, 0.717) is 5.56 Å². The monoisotopic (exact) mass is 290 g/mol. The largest absolute Gasteiger partial charge is 0.497 e. The first kappa shape index (κ1) is 12.9. The maximum atomic E-state index is 12.0. The number of methoxy groups -OCH3 is 1. The van der Waals surface area contributed by atoms with E-state index in [-0.39, 0.29) is 12.1 Å². The molecule has 108 valence electrons. The fourth-order valence-corrected chi connectivity index (χ4v) is 2.93. The summed E-state index contributed by atoms with van der Waals surface area (Å²) in [5, 5.41) is 2.19. The number of hydrogen-bond donors (Lipinski definition) is 0. The Hall–Kier alpha value is -2.81. The summed E-state index contributed by atoms with van der Waals surface area (Å²) in [4.78, 5) is 12.0. The molecule has 0 radical (unpaired) electrons. The van der Waals surface area contributed by atoms with Crippen molar-refractivity contribution < 1.29 is 14.3 Å². The zero-order valence-corrected chi connectivity index (χ0v) is 12.1. The topological polar surface area (TPSA) is 35.5 Å². The Morgan fingerprint density at radius 1 is 0.955 bits per heavy atom. The molecule has 0 saturated heterocycles. The van der Waals surface area contributed by atoms with Crippen molar-refractivity contribution in [3.63, 3.8) is 0 Å². The average molecular weight is 290 g/mol. The van der Waals surface area contributed by atoms with Crippen molar-refractivity contribution in [2.24, 2.45) is 0 Å². The molecule has 0 N–H and O–H groups in total. The molecule has 0 spiro atoms. The minimum absolute atomic E-state index is 0.254. The van der Waals surface area contributed by atoms with Gasteiger partial charge in [-0.3, -0.25) is 0 Å². The molecule has 0 bridgehead atoms. The van der Waals surface area contributed by atoms with Crippen LogP contribution in [0.4, 0.5) is 0 Å². The van der Waals surface area contributed by atoms with Gasteiger partial charge in [0.1, 0.15) is 5.75 Å². The molecule has 0 aliphatic carbocycles. The molecule has 3 aromatic rings. The van der Waals surface area contributed by atoms with Crippen LogP contribution in [-0.4, -0.2) is 13.1 Å². The van der Waals surface area contributed by atoms with Gasteiger partial charge in [0.15, 0.2) is 6.10 Å². The van der Waals surface area contributed by atoms with Gasteiger partial charge in [-0.2, -0.15) is 0 Å². The highest BCUT2D eigenvalue weighted by Crippen LogP contribution is 2.36. The van der Waals surface area contributed by atoms with E-state index in [9.17, 15) is 4.79 Å². The highest BCUT2D eigenvalue weighted by atomic mass is 16.5. The van der Waals surface area contributed by atoms with Crippen LogP contribution in [0.3, 0.4) is 0 Å². The van der Waals surface area contributed by atoms with Crippen molar-refractivity contribution >= 4 is 16.7 Å². The molecule has 3 nitrogen and oxygen atoms in total. The summed E-state index contributed by atoms with van der Waals surface area (Å²) in [6.07, 6.45) is -0.324. The molecule has 3 heteroatoms. The first-order chi connectivity index (χ1) is 10.8. The molecule has 0 amide bonds. The summed E-state index contributed by atoms with van der Waals surface area (Å²) < 4.78 is 10.8. The number of esters is 1. The Morgan fingerprint density at radius 3 is 2.59 bits per heavy atom. The number of carbonyl (C=O) groups excluding carboxylic acids is 1. The third-order valence-electron chi connectivity index (χ3n) is 4.06. The number of benzene rings is 3. The smallest absolute Gasteiger partial charge is 0.339 e. The fraction of sp³-hybridized carbons (Fsp3) is 0.105. The predicted octanol–water partition coefficient (Wildman–Crippen LogP) is 4.11. The van der Waals surface area contributed by atoms with Crippen LogP contribution >= 0.6 is 0 Å². The molecule has 0 aromatic heterocycles. The van der Waals surface area contributed by atoms with Crippen LogP contribution in [0.25, 0.3) is 10.8 Å². The average Bonchev–Trinajstić information content (AvgIpc) is 2.91. The van der Waals surface area contributed by atoms with E-state index in [1.807, 2.05) is 54.6 Å². The second-order valence-electron chi connectivity index (χ2n) is 5.35. The van der Waals surface area contributed by atoms with Gasteiger partial charge in [-0.05, 0) is 40.6 Å². The molecule has 1 aliphatic heterocycles. The van der Waals surface area contributed by atoms with Gasteiger partial charge in [-0.1, -0.05) is 36.4 Å². The summed E-state index contributed by atoms with van der Waals surface area (Å²) >= 11 is 0. The van der Waals surface area contributed by atoms with Gasteiger partial charge in [0.05, 0.1) is 12.7 Å². The molecule has 1 atom stereocenters. The summed E-state index contributed by atoms with van der Waals surface area (Å²) in [6.45, 7) is 0. The van der Waals surface area contributed by atoms with Gasteiger partial charge in [0, 0.05) is 5.56 Å². The fourth-order valence-electron chi connectivity index (χ4n) is 2.93. The first-order valence-corrected chi connectivity index (χ1v) is 7.14. The molecule has 22 heavy (non-hydrogen) atoms. The van der Waals surface area contributed by atoms with Gasteiger partial charge in [-0.15, -0.1) is 0 Å². The zero-order chi connectivity index (χ0) is 15.1. The van der Waals surface area contributed by atoms with E-state index in [4.69, 9.17) is 9.47 Å². The van der Waals surface area contributed by atoms with Crippen molar-refractivity contribution in [1.29, 1.82) is 0 Å². The molecule has 3 aromatic carbocycles. The predicted molar refractivity (Wildman–Crippen MR) is 84.2 cm³/mol. The van der Waals surface area contributed by atoms with Crippen molar-refractivity contribution in [3.8, 4) is 5.75 Å². The van der Waals surface area contributed by atoms with Crippen molar-refractivity contribution in [3.05, 3.63) is 77.4 Å². The Balaban J connectivity index is 1.81. The second kappa shape index (κ2) is 4.88. The number of ether oxygens (including phenoxy) is 2. The van der Waals surface area contributed by atoms with Crippen LogP contribution < -0.4 is 4.74 Å². The van der Waals surface area contributed by atoms with Gasteiger partial charge >= 0.3 is 5.97 Å². The van der Waals surface area contributed by atoms with Crippen LogP contribution in [0.5, 0.6) is 5.75 Å². The number of cyclic esters (lactones) is 1. The third-order valence-corrected chi connectivity index (χ3v) is 4.06. The van der Waals surface area contributed by atoms with E-state index in [1.54, 1.807) is 7.11 Å². The minimum atomic E-state index is -0.324. The van der Waals surface area contributed by atoms with Crippen molar-refractivity contribution in [2.75, 3.05) is 7.11 Å². The summed E-state index contributed by atoms with van der Waals surface area (Å²) in [6, 6.07) is 19.6. The molecule has 1 unspecified atom stereocenters. The summed E-state index contributed by atoms with van der Waals surface area (Å²) in [7, 11) is 1.66. The normalized spacial score (nSPS) is 16.4. The van der Waals surface area contributed by atoms with E-state index in [1.165, 1.54) is 0 Å². The molecule has 1 aliphatic rings. The Labute approximate surface area is 128 Å². The zero-order valence-electron chi connectivity index (χ0n) is 12.1. The molecule has 4 rings (SSSR count). The lowest BCUT2D eigenvalue weighted by Gasteiger charge is -2.12. The standard InChI is InChI=1S/C19H14O3/c1-21-15-9-8-12-10-14(7-6-13(12)11-15)18-16-4-2-3-5-17(16)19(20)22-18/h2-11,18H,1H3. The van der Waals surface area contributed by atoms with Gasteiger partial charge in [0.2, 0.25) is 0 Å². The van der Waals surface area contributed by atoms with Crippen molar-refractivity contribution in [1.82, 2.24) is 0 Å². The van der Waals surface area contributed by atoms with E-state index in [2.05, 4.69) is 6.07 Å². The van der Waals surface area contributed by atoms with Crippen LogP contribution in [0.2, 0.25) is 0 Å². The van der Waals surface area contributed by atoms with Crippen LogP contribution in [0.1, 0.15) is 27.6 Å². The van der Waals surface area contributed by atoms with E-state index < -0.39 is 0 Å². The summed E-state index contributed by atoms with van der Waals surface area (Å²) in [5.74, 6) is 0.577. The lowest BCUT2D eigenvalue weighted by molar-refractivity contribution is 0.0456. The number of carbonyl (C=O) groups is 1. The SMILES string of the molecule is COc1ccc2cc(C3OC(=O)c4ccccc43)ccc2c1. The lowest BCUT2D eigenvalue weighted by Crippen LogP contribution is -2.00. The molecule has 0 saturated carbocycles. The maximum Gasteiger partial charge on any atom is 0.339 e. The van der Waals surface area contributed by atoms with Crippen LogP contribution in [0, 0.1) is 0 Å². The van der Waals surface area contributed by atoms with E-state index in [0.717, 1.165) is 27.6 Å². The number of hydrogen-bond acceptors (Lipinski definition) is 3. The third kappa shape index (κ3) is 1.94. The van der Waals surface area contributed by atoms with Gasteiger partial charge in [-0.25, -0.2) is 4.79 Å². The number of rotatable bonds is 2. The summed E-state index contributed by atoms with van der Waals surface area (Å²) in [5.41, 5.74) is 2.57. The Morgan fingerprint density at radius 2 is 1.73 bits per heavy atom. The molecule has 1 heterocycles. The maximum absolute atomic E-state index is 12.0. The quantitative estimate of drug-likeness (QED) is 0.666. The number of fused-ring (bicyclic) bond motifs is 2. The highest BCUT2D eigenvalue weighted by Gasteiger charge is 2.31.